The third kappa shape index (κ3) is 8.68. The number of urea groups is 1. The van der Waals surface area contributed by atoms with E-state index in [1.807, 2.05) is 72.8 Å². The van der Waals surface area contributed by atoms with Crippen molar-refractivity contribution >= 4 is 17.8 Å². The number of nitrogens with zero attached hydrogens (tertiary/aromatic N) is 2. The summed E-state index contributed by atoms with van der Waals surface area (Å²) in [5.74, 6) is -0.338. The minimum atomic E-state index is -0.351. The van der Waals surface area contributed by atoms with Crippen LogP contribution in [0, 0.1) is 0 Å². The second kappa shape index (κ2) is 14.1. The summed E-state index contributed by atoms with van der Waals surface area (Å²) in [7, 11) is 0. The van der Waals surface area contributed by atoms with Gasteiger partial charge in [0.2, 0.25) is 0 Å². The van der Waals surface area contributed by atoms with Crippen LogP contribution >= 0.6 is 0 Å². The van der Waals surface area contributed by atoms with Crippen LogP contribution in [-0.2, 0) is 12.8 Å². The maximum atomic E-state index is 12.9. The van der Waals surface area contributed by atoms with Crippen LogP contribution < -0.4 is 16.4 Å². The summed E-state index contributed by atoms with van der Waals surface area (Å²) in [4.78, 5) is 41.2. The fraction of sp³-hybridized carbons (Fsp3) is 0.323. The lowest BCUT2D eigenvalue weighted by Gasteiger charge is -2.21. The lowest BCUT2D eigenvalue weighted by atomic mass is 10.0. The molecule has 0 aliphatic carbocycles. The summed E-state index contributed by atoms with van der Waals surface area (Å²) in [6.07, 6.45) is 2.38. The Bertz CT molecular complexity index is 1220. The van der Waals surface area contributed by atoms with Gasteiger partial charge in [0, 0.05) is 43.9 Å². The van der Waals surface area contributed by atoms with Gasteiger partial charge in [-0.3, -0.25) is 9.59 Å². The summed E-state index contributed by atoms with van der Waals surface area (Å²) in [5, 5.41) is 6.07. The van der Waals surface area contributed by atoms with E-state index in [1.165, 1.54) is 0 Å². The second-order valence-electron chi connectivity index (χ2n) is 9.90. The number of nitrogens with one attached hydrogen (secondary N) is 2. The quantitative estimate of drug-likeness (QED) is 0.377. The van der Waals surface area contributed by atoms with E-state index in [0.29, 0.717) is 37.2 Å². The van der Waals surface area contributed by atoms with Crippen molar-refractivity contribution < 1.29 is 14.4 Å². The molecule has 1 fully saturated rings. The Morgan fingerprint density at radius 1 is 0.744 bits per heavy atom. The monoisotopic (exact) mass is 527 g/mol. The number of nitrogens with two attached hydrogens (primary N) is 1. The Balaban J connectivity index is 1.29. The summed E-state index contributed by atoms with van der Waals surface area (Å²) >= 11 is 0. The lowest BCUT2D eigenvalue weighted by molar-refractivity contribution is 0.0908. The number of benzene rings is 3. The molecule has 3 aromatic carbocycles. The Morgan fingerprint density at radius 2 is 1.41 bits per heavy atom. The van der Waals surface area contributed by atoms with E-state index < -0.39 is 0 Å². The molecule has 8 heteroatoms. The van der Waals surface area contributed by atoms with E-state index in [0.717, 1.165) is 43.6 Å². The number of carbonyl (C=O) groups is 3. The zero-order valence-electron chi connectivity index (χ0n) is 22.2. The van der Waals surface area contributed by atoms with Gasteiger partial charge in [0.1, 0.15) is 0 Å². The zero-order valence-corrected chi connectivity index (χ0v) is 22.2. The van der Waals surface area contributed by atoms with Gasteiger partial charge in [-0.15, -0.1) is 0 Å². The molecule has 4 amide bonds. The van der Waals surface area contributed by atoms with Crippen molar-refractivity contribution in [1.29, 1.82) is 0 Å². The summed E-state index contributed by atoms with van der Waals surface area (Å²) in [6.45, 7) is 4.32. The van der Waals surface area contributed by atoms with Gasteiger partial charge in [-0.25, -0.2) is 4.79 Å². The van der Waals surface area contributed by atoms with E-state index in [4.69, 9.17) is 5.73 Å². The molecule has 1 aliphatic heterocycles. The van der Waals surface area contributed by atoms with Crippen molar-refractivity contribution in [2.75, 3.05) is 39.3 Å². The van der Waals surface area contributed by atoms with Crippen molar-refractivity contribution in [3.8, 4) is 0 Å². The Labute approximate surface area is 230 Å². The standard InChI is InChI=1S/C31H37N5O3/c32-31(39)36-18-7-17-35(20-21-36)19-16-24-12-14-27(15-13-24)29(37)33-23-28(22-25-8-3-1-4-9-25)34-30(38)26-10-5-2-6-11-26/h1-6,8-15,28H,7,16-23H2,(H2,32,39)(H,33,37)(H,34,38). The highest BCUT2D eigenvalue weighted by Gasteiger charge is 2.18. The summed E-state index contributed by atoms with van der Waals surface area (Å²) in [5.41, 5.74) is 8.83. The molecule has 0 spiro atoms. The molecule has 204 valence electrons. The van der Waals surface area contributed by atoms with Gasteiger partial charge >= 0.3 is 6.03 Å². The molecule has 4 N–H and O–H groups in total. The van der Waals surface area contributed by atoms with Crippen LogP contribution in [0.3, 0.4) is 0 Å². The molecular weight excluding hydrogens is 490 g/mol. The Kier molecular flexibility index (Phi) is 10.1. The number of amides is 4. The van der Waals surface area contributed by atoms with Crippen LogP contribution in [0.5, 0.6) is 0 Å². The topological polar surface area (TPSA) is 108 Å². The smallest absolute Gasteiger partial charge is 0.314 e. The molecule has 0 bridgehead atoms. The molecule has 39 heavy (non-hydrogen) atoms. The first kappa shape index (κ1) is 27.9. The van der Waals surface area contributed by atoms with E-state index in [-0.39, 0.29) is 23.9 Å². The SMILES string of the molecule is NC(=O)N1CCCN(CCc2ccc(C(=O)NCC(Cc3ccccc3)NC(=O)c3ccccc3)cc2)CC1. The maximum absolute atomic E-state index is 12.9. The first-order valence-corrected chi connectivity index (χ1v) is 13.5. The predicted octanol–water partition coefficient (Wildman–Crippen LogP) is 3.09. The average molecular weight is 528 g/mol. The molecule has 1 aliphatic rings. The van der Waals surface area contributed by atoms with Crippen molar-refractivity contribution in [3.05, 3.63) is 107 Å². The molecule has 1 unspecified atom stereocenters. The highest BCUT2D eigenvalue weighted by atomic mass is 16.2. The van der Waals surface area contributed by atoms with Crippen molar-refractivity contribution in [1.82, 2.24) is 20.4 Å². The maximum Gasteiger partial charge on any atom is 0.314 e. The molecule has 3 aromatic rings. The largest absolute Gasteiger partial charge is 0.351 e. The molecule has 8 nitrogen and oxygen atoms in total. The van der Waals surface area contributed by atoms with Crippen LogP contribution in [-0.4, -0.2) is 73.0 Å². The minimum absolute atomic E-state index is 0.165. The van der Waals surface area contributed by atoms with Crippen molar-refractivity contribution in [2.45, 2.75) is 25.3 Å². The van der Waals surface area contributed by atoms with Gasteiger partial charge in [0.15, 0.2) is 0 Å². The fourth-order valence-corrected chi connectivity index (χ4v) is 4.77. The molecular formula is C31H37N5O3. The van der Waals surface area contributed by atoms with Crippen LogP contribution in [0.2, 0.25) is 0 Å². The third-order valence-electron chi connectivity index (χ3n) is 7.04. The van der Waals surface area contributed by atoms with Gasteiger partial charge in [-0.1, -0.05) is 60.7 Å². The molecule has 4 rings (SSSR count). The third-order valence-corrected chi connectivity index (χ3v) is 7.04. The number of hydrogen-bond acceptors (Lipinski definition) is 4. The van der Waals surface area contributed by atoms with Gasteiger partial charge < -0.3 is 26.2 Å². The normalized spacial score (nSPS) is 14.7. The average Bonchev–Trinajstić information content (AvgIpc) is 3.22. The van der Waals surface area contributed by atoms with E-state index in [1.54, 1.807) is 17.0 Å². The van der Waals surface area contributed by atoms with E-state index in [2.05, 4.69) is 15.5 Å². The Morgan fingerprint density at radius 3 is 2.10 bits per heavy atom. The van der Waals surface area contributed by atoms with Crippen LogP contribution in [0.15, 0.2) is 84.9 Å². The predicted molar refractivity (Wildman–Crippen MR) is 153 cm³/mol. The van der Waals surface area contributed by atoms with Gasteiger partial charge in [-0.2, -0.15) is 0 Å². The van der Waals surface area contributed by atoms with Crippen LogP contribution in [0.4, 0.5) is 4.79 Å². The number of primary amides is 1. The minimum Gasteiger partial charge on any atom is -0.351 e. The molecule has 1 saturated heterocycles. The number of rotatable bonds is 10. The zero-order chi connectivity index (χ0) is 27.5. The highest BCUT2D eigenvalue weighted by molar-refractivity contribution is 5.95. The summed E-state index contributed by atoms with van der Waals surface area (Å²) < 4.78 is 0. The number of carbonyl (C=O) groups excluding carboxylic acids is 3. The molecule has 0 radical (unpaired) electrons. The lowest BCUT2D eigenvalue weighted by Crippen LogP contribution is -2.45. The molecule has 0 saturated carbocycles. The fourth-order valence-electron chi connectivity index (χ4n) is 4.77. The van der Waals surface area contributed by atoms with E-state index in [9.17, 15) is 14.4 Å². The van der Waals surface area contributed by atoms with Gasteiger partial charge in [0.25, 0.3) is 11.8 Å². The first-order chi connectivity index (χ1) is 19.0. The highest BCUT2D eigenvalue weighted by Crippen LogP contribution is 2.10. The summed E-state index contributed by atoms with van der Waals surface area (Å²) in [6, 6.07) is 26.1. The first-order valence-electron chi connectivity index (χ1n) is 13.5. The molecule has 1 heterocycles. The Hall–Kier alpha value is -4.17. The van der Waals surface area contributed by atoms with Gasteiger partial charge in [0.05, 0.1) is 6.04 Å². The number of hydrogen-bond donors (Lipinski definition) is 3. The van der Waals surface area contributed by atoms with Crippen LogP contribution in [0.1, 0.15) is 38.3 Å². The molecule has 1 atom stereocenters. The van der Waals surface area contributed by atoms with Crippen molar-refractivity contribution in [3.63, 3.8) is 0 Å². The van der Waals surface area contributed by atoms with E-state index >= 15 is 0 Å². The second-order valence-corrected chi connectivity index (χ2v) is 9.90. The molecule has 0 aromatic heterocycles. The van der Waals surface area contributed by atoms with Crippen molar-refractivity contribution in [2.24, 2.45) is 5.73 Å². The van der Waals surface area contributed by atoms with Crippen LogP contribution in [0.25, 0.3) is 0 Å². The van der Waals surface area contributed by atoms with Gasteiger partial charge in [-0.05, 0) is 61.2 Å².